The van der Waals surface area contributed by atoms with Crippen LogP contribution in [0.25, 0.3) is 0 Å². The second-order valence-electron chi connectivity index (χ2n) is 4.05. The molecule has 0 fully saturated rings. The van der Waals surface area contributed by atoms with Crippen molar-refractivity contribution in [3.63, 3.8) is 0 Å². The summed E-state index contributed by atoms with van der Waals surface area (Å²) in [6, 6.07) is 13.9. The van der Waals surface area contributed by atoms with Crippen LogP contribution in [-0.2, 0) is 0 Å². The van der Waals surface area contributed by atoms with Gasteiger partial charge in [0.1, 0.15) is 6.07 Å². The molecule has 0 aliphatic heterocycles. The summed E-state index contributed by atoms with van der Waals surface area (Å²) in [4.78, 5) is 12.3. The summed E-state index contributed by atoms with van der Waals surface area (Å²) in [5.41, 5.74) is 1.98. The molecule has 0 unspecified atom stereocenters. The number of carbonyl (C=O) groups is 1. The number of carbonyl (C=O) groups excluding carboxylic acids is 1. The fourth-order valence-corrected chi connectivity index (χ4v) is 1.97. The normalized spacial score (nSPS) is 9.65. The molecule has 0 atom stereocenters. The van der Waals surface area contributed by atoms with E-state index >= 15 is 0 Å². The van der Waals surface area contributed by atoms with Crippen molar-refractivity contribution in [3.05, 3.63) is 58.6 Å². The minimum Gasteiger partial charge on any atom is -0.387 e. The summed E-state index contributed by atoms with van der Waals surface area (Å²) in [6.07, 6.45) is 0. The van der Waals surface area contributed by atoms with Gasteiger partial charge in [-0.1, -0.05) is 23.7 Å². The molecule has 1 amide bonds. The van der Waals surface area contributed by atoms with Crippen LogP contribution < -0.4 is 10.6 Å². The van der Waals surface area contributed by atoms with E-state index in [0.717, 1.165) is 0 Å². The lowest BCUT2D eigenvalue weighted by Gasteiger charge is -2.11. The number of amides is 1. The Kier molecular flexibility index (Phi) is 4.24. The summed E-state index contributed by atoms with van der Waals surface area (Å²) >= 11 is 5.92. The first-order valence-corrected chi connectivity index (χ1v) is 6.31. The maximum Gasteiger partial charge on any atom is 0.257 e. The Morgan fingerprint density at radius 2 is 1.95 bits per heavy atom. The van der Waals surface area contributed by atoms with Crippen molar-refractivity contribution >= 4 is 28.9 Å². The van der Waals surface area contributed by atoms with Crippen LogP contribution in [0.3, 0.4) is 0 Å². The van der Waals surface area contributed by atoms with Crippen LogP contribution >= 0.6 is 11.6 Å². The van der Waals surface area contributed by atoms with Gasteiger partial charge in [-0.15, -0.1) is 0 Å². The van der Waals surface area contributed by atoms with Crippen LogP contribution in [-0.4, -0.2) is 13.0 Å². The average Bonchev–Trinajstić information content (AvgIpc) is 2.47. The molecule has 0 heterocycles. The monoisotopic (exact) mass is 285 g/mol. The maximum atomic E-state index is 12.3. The molecule has 2 N–H and O–H groups in total. The first kappa shape index (κ1) is 13.9. The molecular weight excluding hydrogens is 274 g/mol. The SMILES string of the molecule is CNc1ccc(Cl)cc1C(=O)Nc1ccccc1C#N. The number of nitriles is 1. The molecule has 2 aromatic carbocycles. The topological polar surface area (TPSA) is 64.9 Å². The van der Waals surface area contributed by atoms with Gasteiger partial charge in [-0.05, 0) is 30.3 Å². The van der Waals surface area contributed by atoms with Crippen molar-refractivity contribution in [2.75, 3.05) is 17.7 Å². The third-order valence-corrected chi connectivity index (χ3v) is 3.03. The zero-order valence-electron chi connectivity index (χ0n) is 10.8. The number of nitrogens with zero attached hydrogens (tertiary/aromatic N) is 1. The molecule has 2 rings (SSSR count). The molecule has 0 spiro atoms. The van der Waals surface area contributed by atoms with Gasteiger partial charge >= 0.3 is 0 Å². The second kappa shape index (κ2) is 6.09. The van der Waals surface area contributed by atoms with Crippen LogP contribution in [0.15, 0.2) is 42.5 Å². The molecule has 0 aliphatic carbocycles. The van der Waals surface area contributed by atoms with E-state index in [1.807, 2.05) is 6.07 Å². The number of para-hydroxylation sites is 1. The van der Waals surface area contributed by atoms with E-state index in [2.05, 4.69) is 10.6 Å². The van der Waals surface area contributed by atoms with E-state index in [9.17, 15) is 4.79 Å². The molecule has 4 nitrogen and oxygen atoms in total. The second-order valence-corrected chi connectivity index (χ2v) is 4.49. The first-order chi connectivity index (χ1) is 9.65. The van der Waals surface area contributed by atoms with Crippen molar-refractivity contribution in [2.45, 2.75) is 0 Å². The third kappa shape index (κ3) is 2.90. The zero-order valence-corrected chi connectivity index (χ0v) is 11.5. The molecule has 5 heteroatoms. The van der Waals surface area contributed by atoms with Gasteiger partial charge in [-0.2, -0.15) is 5.26 Å². The highest BCUT2D eigenvalue weighted by atomic mass is 35.5. The lowest BCUT2D eigenvalue weighted by atomic mass is 10.1. The van der Waals surface area contributed by atoms with Crippen molar-refractivity contribution in [2.24, 2.45) is 0 Å². The van der Waals surface area contributed by atoms with E-state index in [-0.39, 0.29) is 5.91 Å². The van der Waals surface area contributed by atoms with Crippen LogP contribution in [0, 0.1) is 11.3 Å². The van der Waals surface area contributed by atoms with Crippen LogP contribution in [0.1, 0.15) is 15.9 Å². The standard InChI is InChI=1S/C15H12ClN3O/c1-18-14-7-6-11(16)8-12(14)15(20)19-13-5-3-2-4-10(13)9-17/h2-8,18H,1H3,(H,19,20). The Morgan fingerprint density at radius 3 is 2.65 bits per heavy atom. The van der Waals surface area contributed by atoms with E-state index < -0.39 is 0 Å². The molecule has 0 aromatic heterocycles. The van der Waals surface area contributed by atoms with Crippen LogP contribution in [0.4, 0.5) is 11.4 Å². The number of hydrogen-bond donors (Lipinski definition) is 2. The smallest absolute Gasteiger partial charge is 0.257 e. The molecule has 0 bridgehead atoms. The Labute approximate surface area is 122 Å². The van der Waals surface area contributed by atoms with Gasteiger partial charge in [-0.3, -0.25) is 4.79 Å². The van der Waals surface area contributed by atoms with E-state index in [1.54, 1.807) is 49.5 Å². The zero-order chi connectivity index (χ0) is 14.5. The molecule has 20 heavy (non-hydrogen) atoms. The van der Waals surface area contributed by atoms with Crippen molar-refractivity contribution in [1.29, 1.82) is 5.26 Å². The maximum absolute atomic E-state index is 12.3. The molecule has 0 saturated carbocycles. The predicted molar refractivity (Wildman–Crippen MR) is 80.1 cm³/mol. The Bertz CT molecular complexity index is 692. The molecule has 0 radical (unpaired) electrons. The first-order valence-electron chi connectivity index (χ1n) is 5.93. The minimum absolute atomic E-state index is 0.320. The van der Waals surface area contributed by atoms with Crippen molar-refractivity contribution < 1.29 is 4.79 Å². The van der Waals surface area contributed by atoms with Crippen molar-refractivity contribution in [3.8, 4) is 6.07 Å². The van der Waals surface area contributed by atoms with Gasteiger partial charge < -0.3 is 10.6 Å². The summed E-state index contributed by atoms with van der Waals surface area (Å²) in [6.45, 7) is 0. The lowest BCUT2D eigenvalue weighted by Crippen LogP contribution is -2.14. The van der Waals surface area contributed by atoms with Gasteiger partial charge in [0.15, 0.2) is 0 Å². The van der Waals surface area contributed by atoms with Crippen LogP contribution in [0.2, 0.25) is 5.02 Å². The highest BCUT2D eigenvalue weighted by Crippen LogP contribution is 2.22. The Balaban J connectivity index is 2.33. The minimum atomic E-state index is -0.320. The van der Waals surface area contributed by atoms with Gasteiger partial charge in [0.05, 0.1) is 16.8 Å². The van der Waals surface area contributed by atoms with Gasteiger partial charge in [0.2, 0.25) is 0 Å². The molecule has 100 valence electrons. The summed E-state index contributed by atoms with van der Waals surface area (Å²) in [5.74, 6) is -0.320. The van der Waals surface area contributed by atoms with E-state index in [4.69, 9.17) is 16.9 Å². The fourth-order valence-electron chi connectivity index (χ4n) is 1.80. The Morgan fingerprint density at radius 1 is 1.20 bits per heavy atom. The number of nitrogens with one attached hydrogen (secondary N) is 2. The molecular formula is C15H12ClN3O. The van der Waals surface area contributed by atoms with E-state index in [1.165, 1.54) is 0 Å². The average molecular weight is 286 g/mol. The lowest BCUT2D eigenvalue weighted by molar-refractivity contribution is 0.102. The highest BCUT2D eigenvalue weighted by molar-refractivity contribution is 6.31. The van der Waals surface area contributed by atoms with Crippen molar-refractivity contribution in [1.82, 2.24) is 0 Å². The van der Waals surface area contributed by atoms with Gasteiger partial charge in [0, 0.05) is 17.8 Å². The summed E-state index contributed by atoms with van der Waals surface area (Å²) in [5, 5.41) is 15.1. The molecule has 0 aliphatic rings. The summed E-state index contributed by atoms with van der Waals surface area (Å²) in [7, 11) is 1.73. The Hall–Kier alpha value is -2.51. The van der Waals surface area contributed by atoms with Gasteiger partial charge in [-0.25, -0.2) is 0 Å². The molecule has 2 aromatic rings. The van der Waals surface area contributed by atoms with E-state index in [0.29, 0.717) is 27.5 Å². The fraction of sp³-hybridized carbons (Fsp3) is 0.0667. The third-order valence-electron chi connectivity index (χ3n) is 2.79. The molecule has 0 saturated heterocycles. The predicted octanol–water partition coefficient (Wildman–Crippen LogP) is 3.51. The summed E-state index contributed by atoms with van der Waals surface area (Å²) < 4.78 is 0. The quantitative estimate of drug-likeness (QED) is 0.907. The number of rotatable bonds is 3. The number of hydrogen-bond acceptors (Lipinski definition) is 3. The number of benzene rings is 2. The largest absolute Gasteiger partial charge is 0.387 e. The number of halogens is 1. The van der Waals surface area contributed by atoms with Gasteiger partial charge in [0.25, 0.3) is 5.91 Å². The van der Waals surface area contributed by atoms with Crippen LogP contribution in [0.5, 0.6) is 0 Å². The number of anilines is 2. The highest BCUT2D eigenvalue weighted by Gasteiger charge is 2.13.